The first-order valence-corrected chi connectivity index (χ1v) is 3.07. The molecule has 0 heterocycles. The fraction of sp³-hybridized carbons (Fsp3) is 0.333. The van der Waals surface area contributed by atoms with Crippen molar-refractivity contribution in [3.05, 3.63) is 37.0 Å². The Hall–Kier alpha value is 0.856. The van der Waals surface area contributed by atoms with E-state index in [-0.39, 0.29) is 51.4 Å². The summed E-state index contributed by atoms with van der Waals surface area (Å²) in [5.41, 5.74) is 0. The van der Waals surface area contributed by atoms with Crippen LogP contribution in [0.15, 0.2) is 24.3 Å². The van der Waals surface area contributed by atoms with Gasteiger partial charge in [-0.05, 0) is 0 Å². The van der Waals surface area contributed by atoms with E-state index in [2.05, 4.69) is 26.0 Å². The summed E-state index contributed by atoms with van der Waals surface area (Å²) in [5, 5.41) is 0. The molecule has 10 heavy (non-hydrogen) atoms. The van der Waals surface area contributed by atoms with Crippen molar-refractivity contribution in [2.24, 2.45) is 5.92 Å². The van der Waals surface area contributed by atoms with Gasteiger partial charge in [-0.3, -0.25) is 6.08 Å². The van der Waals surface area contributed by atoms with Crippen molar-refractivity contribution < 1.29 is 51.4 Å². The predicted molar refractivity (Wildman–Crippen MR) is 40.7 cm³/mol. The predicted octanol–water partition coefficient (Wildman–Crippen LogP) is -0.449. The molecule has 0 aromatic carbocycles. The molecule has 0 aliphatic carbocycles. The van der Waals surface area contributed by atoms with Gasteiger partial charge in [0, 0.05) is 0 Å². The Labute approximate surface area is 107 Å². The number of rotatable bonds is 3. The molecular weight excluding hydrogens is 147 g/mol. The molecule has 0 aliphatic heterocycles. The second kappa shape index (κ2) is 9.86. The third kappa shape index (κ3) is 11.6. The second-order valence-corrected chi connectivity index (χ2v) is 2.13. The maximum absolute atomic E-state index is 5.07. The molecule has 0 fully saturated rings. The van der Waals surface area contributed by atoms with Gasteiger partial charge in [0.1, 0.15) is 0 Å². The minimum Gasteiger partial charge on any atom is -0.361 e. The Morgan fingerprint density at radius 3 is 2.40 bits per heavy atom. The van der Waals surface area contributed by atoms with Crippen LogP contribution in [0.5, 0.6) is 0 Å². The van der Waals surface area contributed by atoms with E-state index >= 15 is 0 Å². The standard InChI is InChI=1S/C9H12.K/c1-4-5-6-7-8-9(2)3;/h1,4-5,7-9H,2-3H3;/q-2;+1/b8-7+;. The van der Waals surface area contributed by atoms with Gasteiger partial charge in [0.05, 0.1) is 0 Å². The summed E-state index contributed by atoms with van der Waals surface area (Å²) in [5.74, 6) is 0.587. The Morgan fingerprint density at radius 1 is 1.40 bits per heavy atom. The van der Waals surface area contributed by atoms with Crippen molar-refractivity contribution >= 4 is 0 Å². The molecule has 0 aliphatic rings. The van der Waals surface area contributed by atoms with Gasteiger partial charge in [-0.15, -0.1) is 0 Å². The third-order valence-corrected chi connectivity index (χ3v) is 0.770. The van der Waals surface area contributed by atoms with Crippen LogP contribution in [0.25, 0.3) is 0 Å². The molecule has 50 valence electrons. The number of hydrogen-bond donors (Lipinski definition) is 0. The molecule has 0 aromatic heterocycles. The van der Waals surface area contributed by atoms with Crippen LogP contribution >= 0.6 is 0 Å². The Bertz CT molecular complexity index is 121. The molecule has 0 unspecified atom stereocenters. The SMILES string of the molecule is [CH-]=CC=[C-]/C=C/C(C)C.[K+]. The molecule has 0 rings (SSSR count). The summed E-state index contributed by atoms with van der Waals surface area (Å²) in [6.07, 6.45) is 9.95. The zero-order valence-corrected chi connectivity index (χ0v) is 10.1. The van der Waals surface area contributed by atoms with Gasteiger partial charge in [-0.2, -0.15) is 12.2 Å². The zero-order valence-electron chi connectivity index (χ0n) is 6.96. The average Bonchev–Trinajstić information content (AvgIpc) is 1.80. The van der Waals surface area contributed by atoms with Crippen molar-refractivity contribution in [2.75, 3.05) is 0 Å². The van der Waals surface area contributed by atoms with Crippen molar-refractivity contribution in [3.8, 4) is 0 Å². The molecule has 0 nitrogen and oxygen atoms in total. The van der Waals surface area contributed by atoms with Crippen LogP contribution < -0.4 is 51.4 Å². The Morgan fingerprint density at radius 2 is 2.00 bits per heavy atom. The molecule has 0 spiro atoms. The van der Waals surface area contributed by atoms with Gasteiger partial charge in [-0.1, -0.05) is 19.8 Å². The van der Waals surface area contributed by atoms with Crippen LogP contribution in [0.2, 0.25) is 0 Å². The summed E-state index contributed by atoms with van der Waals surface area (Å²) in [7, 11) is 0. The summed E-state index contributed by atoms with van der Waals surface area (Å²) >= 11 is 0. The fourth-order valence-electron chi connectivity index (χ4n) is 0.359. The molecule has 0 atom stereocenters. The average molecular weight is 159 g/mol. The Kier molecular flexibility index (Phi) is 13.3. The number of hydrogen-bond acceptors (Lipinski definition) is 0. The first-order chi connectivity index (χ1) is 4.27. The van der Waals surface area contributed by atoms with Crippen molar-refractivity contribution in [1.82, 2.24) is 0 Å². The maximum atomic E-state index is 5.07. The van der Waals surface area contributed by atoms with Crippen LogP contribution in [0.3, 0.4) is 0 Å². The van der Waals surface area contributed by atoms with Crippen LogP contribution in [-0.2, 0) is 0 Å². The quantitative estimate of drug-likeness (QED) is 0.297. The third-order valence-electron chi connectivity index (χ3n) is 0.770. The summed E-state index contributed by atoms with van der Waals surface area (Å²) in [6, 6.07) is 0. The molecule has 1 heteroatoms. The molecular formula is C9H12K-. The molecule has 0 aromatic rings. The minimum atomic E-state index is 0. The molecule has 0 saturated carbocycles. The van der Waals surface area contributed by atoms with E-state index in [4.69, 9.17) is 6.58 Å². The van der Waals surface area contributed by atoms with E-state index in [1.54, 1.807) is 6.08 Å². The molecule has 0 N–H and O–H groups in total. The largest absolute Gasteiger partial charge is 1.00 e. The van der Waals surface area contributed by atoms with E-state index in [1.165, 1.54) is 6.08 Å². The smallest absolute Gasteiger partial charge is 0.361 e. The van der Waals surface area contributed by atoms with E-state index in [0.29, 0.717) is 5.92 Å². The van der Waals surface area contributed by atoms with Crippen LogP contribution in [0.1, 0.15) is 13.8 Å². The normalized spacial score (nSPS) is 10.7. The zero-order chi connectivity index (χ0) is 7.11. The van der Waals surface area contributed by atoms with Gasteiger partial charge in [0.2, 0.25) is 0 Å². The van der Waals surface area contributed by atoms with Crippen molar-refractivity contribution in [2.45, 2.75) is 13.8 Å². The minimum absolute atomic E-state index is 0. The second-order valence-electron chi connectivity index (χ2n) is 2.13. The molecule has 0 amide bonds. The summed E-state index contributed by atoms with van der Waals surface area (Å²) in [4.78, 5) is 0. The van der Waals surface area contributed by atoms with Gasteiger partial charge in [-0.25, -0.2) is 0 Å². The van der Waals surface area contributed by atoms with Crippen LogP contribution in [-0.4, -0.2) is 0 Å². The van der Waals surface area contributed by atoms with E-state index in [1.807, 2.05) is 6.08 Å². The van der Waals surface area contributed by atoms with Crippen molar-refractivity contribution in [1.29, 1.82) is 0 Å². The van der Waals surface area contributed by atoms with E-state index in [9.17, 15) is 0 Å². The first kappa shape index (κ1) is 13.4. The summed E-state index contributed by atoms with van der Waals surface area (Å²) in [6.45, 7) is 9.30. The van der Waals surface area contributed by atoms with Crippen LogP contribution in [0.4, 0.5) is 0 Å². The molecule has 0 radical (unpaired) electrons. The first-order valence-electron chi connectivity index (χ1n) is 3.07. The van der Waals surface area contributed by atoms with Gasteiger partial charge in [0.25, 0.3) is 0 Å². The molecule has 0 saturated heterocycles. The van der Waals surface area contributed by atoms with Crippen molar-refractivity contribution in [3.63, 3.8) is 0 Å². The topological polar surface area (TPSA) is 0 Å². The number of allylic oxidation sites excluding steroid dienone is 5. The van der Waals surface area contributed by atoms with Crippen LogP contribution in [0, 0.1) is 18.6 Å². The maximum Gasteiger partial charge on any atom is 1.00 e. The van der Waals surface area contributed by atoms with Gasteiger partial charge in [0.15, 0.2) is 0 Å². The van der Waals surface area contributed by atoms with E-state index < -0.39 is 0 Å². The fourth-order valence-corrected chi connectivity index (χ4v) is 0.359. The van der Waals surface area contributed by atoms with Gasteiger partial charge >= 0.3 is 51.4 Å². The molecule has 0 bridgehead atoms. The summed E-state index contributed by atoms with van der Waals surface area (Å²) < 4.78 is 0. The Balaban J connectivity index is 0. The van der Waals surface area contributed by atoms with E-state index in [0.717, 1.165) is 0 Å². The monoisotopic (exact) mass is 159 g/mol. The van der Waals surface area contributed by atoms with Gasteiger partial charge < -0.3 is 18.7 Å².